The van der Waals surface area contributed by atoms with Crippen molar-refractivity contribution < 1.29 is 14.3 Å². The van der Waals surface area contributed by atoms with Crippen LogP contribution in [-0.2, 0) is 16.0 Å². The van der Waals surface area contributed by atoms with Gasteiger partial charge < -0.3 is 15.4 Å². The SMILES string of the molecule is CCc1ccsc1C(=O)N(CCOC)[C@H](C)C(N)=O. The Kier molecular flexibility index (Phi) is 5.98. The van der Waals surface area contributed by atoms with Crippen LogP contribution in [0, 0.1) is 0 Å². The molecule has 0 spiro atoms. The Balaban J connectivity index is 2.96. The van der Waals surface area contributed by atoms with Gasteiger partial charge in [-0.15, -0.1) is 11.3 Å². The van der Waals surface area contributed by atoms with Gasteiger partial charge in [-0.05, 0) is 30.4 Å². The molecular formula is C13H20N2O3S. The van der Waals surface area contributed by atoms with Crippen LogP contribution in [0.3, 0.4) is 0 Å². The highest BCUT2D eigenvalue weighted by atomic mass is 32.1. The number of aryl methyl sites for hydroxylation is 1. The highest BCUT2D eigenvalue weighted by Crippen LogP contribution is 2.20. The molecule has 2 amide bonds. The van der Waals surface area contributed by atoms with Gasteiger partial charge in [0.25, 0.3) is 5.91 Å². The van der Waals surface area contributed by atoms with Crippen LogP contribution in [0.2, 0.25) is 0 Å². The number of ether oxygens (including phenoxy) is 1. The van der Waals surface area contributed by atoms with Crippen LogP contribution in [0.4, 0.5) is 0 Å². The third kappa shape index (κ3) is 3.78. The normalized spacial score (nSPS) is 12.2. The molecule has 6 heteroatoms. The third-order valence-electron chi connectivity index (χ3n) is 3.00. The predicted octanol–water partition coefficient (Wildman–Crippen LogP) is 1.27. The van der Waals surface area contributed by atoms with E-state index >= 15 is 0 Å². The van der Waals surface area contributed by atoms with Crippen LogP contribution in [0.1, 0.15) is 29.1 Å². The summed E-state index contributed by atoms with van der Waals surface area (Å²) in [4.78, 5) is 26.0. The highest BCUT2D eigenvalue weighted by Gasteiger charge is 2.26. The molecule has 1 atom stereocenters. The van der Waals surface area contributed by atoms with Crippen molar-refractivity contribution in [3.63, 3.8) is 0 Å². The second-order valence-electron chi connectivity index (χ2n) is 4.20. The molecule has 0 aliphatic rings. The van der Waals surface area contributed by atoms with Gasteiger partial charge in [0.1, 0.15) is 6.04 Å². The van der Waals surface area contributed by atoms with E-state index in [2.05, 4.69) is 0 Å². The molecule has 5 nitrogen and oxygen atoms in total. The van der Waals surface area contributed by atoms with E-state index in [0.29, 0.717) is 18.0 Å². The van der Waals surface area contributed by atoms with Gasteiger partial charge in [0.2, 0.25) is 5.91 Å². The van der Waals surface area contributed by atoms with E-state index in [1.54, 1.807) is 14.0 Å². The topological polar surface area (TPSA) is 72.6 Å². The molecule has 0 saturated carbocycles. The van der Waals surface area contributed by atoms with E-state index in [-0.39, 0.29) is 5.91 Å². The fourth-order valence-electron chi connectivity index (χ4n) is 1.75. The summed E-state index contributed by atoms with van der Waals surface area (Å²) in [5.41, 5.74) is 6.29. The Morgan fingerprint density at radius 1 is 1.53 bits per heavy atom. The maximum absolute atomic E-state index is 12.5. The summed E-state index contributed by atoms with van der Waals surface area (Å²) in [5, 5.41) is 1.88. The number of nitrogens with zero attached hydrogens (tertiary/aromatic N) is 1. The number of methoxy groups -OCH3 is 1. The van der Waals surface area contributed by atoms with Crippen LogP contribution in [0.15, 0.2) is 11.4 Å². The average Bonchev–Trinajstić information content (AvgIpc) is 2.86. The molecule has 1 aromatic rings. The van der Waals surface area contributed by atoms with Crippen molar-refractivity contribution in [2.45, 2.75) is 26.3 Å². The maximum Gasteiger partial charge on any atom is 0.264 e. The maximum atomic E-state index is 12.5. The number of hydrogen-bond donors (Lipinski definition) is 1. The standard InChI is InChI=1S/C13H20N2O3S/c1-4-10-5-8-19-11(10)13(17)15(6-7-18-3)9(2)12(14)16/h5,8-9H,4,6-7H2,1-3H3,(H2,14,16)/t9-/m1/s1. The lowest BCUT2D eigenvalue weighted by Crippen LogP contribution is -2.47. The van der Waals surface area contributed by atoms with Crippen LogP contribution in [0.5, 0.6) is 0 Å². The minimum absolute atomic E-state index is 0.157. The van der Waals surface area contributed by atoms with Crippen LogP contribution < -0.4 is 5.73 Å². The Morgan fingerprint density at radius 2 is 2.21 bits per heavy atom. The molecule has 0 aliphatic heterocycles. The van der Waals surface area contributed by atoms with Crippen molar-refractivity contribution in [1.29, 1.82) is 0 Å². The van der Waals surface area contributed by atoms with E-state index in [0.717, 1.165) is 12.0 Å². The fraction of sp³-hybridized carbons (Fsp3) is 0.538. The quantitative estimate of drug-likeness (QED) is 0.819. The van der Waals surface area contributed by atoms with Gasteiger partial charge in [0.15, 0.2) is 0 Å². The number of carbonyl (C=O) groups excluding carboxylic acids is 2. The fourth-order valence-corrected chi connectivity index (χ4v) is 2.70. The van der Waals surface area contributed by atoms with Gasteiger partial charge in [0, 0.05) is 13.7 Å². The van der Waals surface area contributed by atoms with Gasteiger partial charge in [-0.2, -0.15) is 0 Å². The monoisotopic (exact) mass is 284 g/mol. The van der Waals surface area contributed by atoms with E-state index in [9.17, 15) is 9.59 Å². The van der Waals surface area contributed by atoms with Gasteiger partial charge in [-0.1, -0.05) is 6.92 Å². The number of nitrogens with two attached hydrogens (primary N) is 1. The number of hydrogen-bond acceptors (Lipinski definition) is 4. The zero-order valence-corrected chi connectivity index (χ0v) is 12.3. The van der Waals surface area contributed by atoms with Crippen molar-refractivity contribution in [1.82, 2.24) is 4.90 Å². The van der Waals surface area contributed by atoms with E-state index in [4.69, 9.17) is 10.5 Å². The minimum atomic E-state index is -0.644. The predicted molar refractivity (Wildman–Crippen MR) is 75.3 cm³/mol. The zero-order valence-electron chi connectivity index (χ0n) is 11.5. The summed E-state index contributed by atoms with van der Waals surface area (Å²) in [5.74, 6) is -0.672. The first-order valence-corrected chi connectivity index (χ1v) is 7.06. The lowest BCUT2D eigenvalue weighted by molar-refractivity contribution is -0.122. The first kappa shape index (κ1) is 15.7. The second kappa shape index (κ2) is 7.25. The first-order chi connectivity index (χ1) is 9.02. The Labute approximate surface area is 117 Å². The van der Waals surface area contributed by atoms with Crippen LogP contribution >= 0.6 is 11.3 Å². The van der Waals surface area contributed by atoms with Crippen molar-refractivity contribution in [2.24, 2.45) is 5.73 Å². The first-order valence-electron chi connectivity index (χ1n) is 6.18. The molecule has 0 bridgehead atoms. The third-order valence-corrected chi connectivity index (χ3v) is 3.94. The zero-order chi connectivity index (χ0) is 14.4. The number of carbonyl (C=O) groups is 2. The Morgan fingerprint density at radius 3 is 2.74 bits per heavy atom. The number of thiophene rings is 1. The average molecular weight is 284 g/mol. The lowest BCUT2D eigenvalue weighted by atomic mass is 10.1. The summed E-state index contributed by atoms with van der Waals surface area (Å²) in [6.45, 7) is 4.35. The highest BCUT2D eigenvalue weighted by molar-refractivity contribution is 7.12. The number of rotatable bonds is 7. The molecular weight excluding hydrogens is 264 g/mol. The van der Waals surface area contributed by atoms with Gasteiger partial charge >= 0.3 is 0 Å². The summed E-state index contributed by atoms with van der Waals surface area (Å²) in [7, 11) is 1.56. The second-order valence-corrected chi connectivity index (χ2v) is 5.11. The molecule has 106 valence electrons. The smallest absolute Gasteiger partial charge is 0.264 e. The molecule has 1 aromatic heterocycles. The molecule has 0 fully saturated rings. The molecule has 0 radical (unpaired) electrons. The molecule has 19 heavy (non-hydrogen) atoms. The molecule has 1 rings (SSSR count). The van der Waals surface area contributed by atoms with Gasteiger partial charge in [-0.3, -0.25) is 9.59 Å². The minimum Gasteiger partial charge on any atom is -0.383 e. The van der Waals surface area contributed by atoms with Crippen molar-refractivity contribution in [2.75, 3.05) is 20.3 Å². The van der Waals surface area contributed by atoms with Crippen molar-refractivity contribution in [3.8, 4) is 0 Å². The van der Waals surface area contributed by atoms with E-state index in [1.165, 1.54) is 16.2 Å². The molecule has 0 aliphatic carbocycles. The summed E-state index contributed by atoms with van der Waals surface area (Å²) in [6, 6.07) is 1.29. The largest absolute Gasteiger partial charge is 0.383 e. The van der Waals surface area contributed by atoms with Crippen molar-refractivity contribution in [3.05, 3.63) is 21.9 Å². The summed E-state index contributed by atoms with van der Waals surface area (Å²) >= 11 is 1.39. The van der Waals surface area contributed by atoms with E-state index < -0.39 is 11.9 Å². The molecule has 0 unspecified atom stereocenters. The molecule has 0 saturated heterocycles. The van der Waals surface area contributed by atoms with Crippen LogP contribution in [-0.4, -0.2) is 43.0 Å². The molecule has 1 heterocycles. The van der Waals surface area contributed by atoms with Gasteiger partial charge in [-0.25, -0.2) is 0 Å². The van der Waals surface area contributed by atoms with Crippen LogP contribution in [0.25, 0.3) is 0 Å². The number of primary amides is 1. The van der Waals surface area contributed by atoms with E-state index in [1.807, 2.05) is 18.4 Å². The summed E-state index contributed by atoms with van der Waals surface area (Å²) < 4.78 is 4.98. The number of amides is 2. The van der Waals surface area contributed by atoms with Gasteiger partial charge in [0.05, 0.1) is 11.5 Å². The molecule has 2 N–H and O–H groups in total. The Hall–Kier alpha value is -1.40. The molecule has 0 aromatic carbocycles. The lowest BCUT2D eigenvalue weighted by Gasteiger charge is -2.26. The summed E-state index contributed by atoms with van der Waals surface area (Å²) in [6.07, 6.45) is 0.785. The van der Waals surface area contributed by atoms with Crippen molar-refractivity contribution >= 4 is 23.2 Å². The Bertz CT molecular complexity index is 445.